The van der Waals surface area contributed by atoms with E-state index in [0.717, 1.165) is 24.9 Å². The molecule has 3 N–H and O–H groups in total. The summed E-state index contributed by atoms with van der Waals surface area (Å²) in [6, 6.07) is 7.23. The lowest BCUT2D eigenvalue weighted by atomic mass is 10.2. The lowest BCUT2D eigenvalue weighted by Crippen LogP contribution is -2.26. The van der Waals surface area contributed by atoms with Crippen molar-refractivity contribution in [2.24, 2.45) is 0 Å². The summed E-state index contributed by atoms with van der Waals surface area (Å²) in [6.45, 7) is 5.85. The number of carbonyl (C=O) groups is 2. The highest BCUT2D eigenvalue weighted by atomic mass is 35.5. The van der Waals surface area contributed by atoms with Gasteiger partial charge >= 0.3 is 0 Å². The van der Waals surface area contributed by atoms with Gasteiger partial charge in [-0.3, -0.25) is 4.79 Å². The van der Waals surface area contributed by atoms with Crippen LogP contribution in [0.25, 0.3) is 0 Å². The lowest BCUT2D eigenvalue weighted by Gasteiger charge is -2.16. The smallest absolute Gasteiger partial charge is 0.267 e. The summed E-state index contributed by atoms with van der Waals surface area (Å²) >= 11 is 7.42. The van der Waals surface area contributed by atoms with Crippen molar-refractivity contribution in [3.63, 3.8) is 0 Å². The van der Waals surface area contributed by atoms with Crippen molar-refractivity contribution >= 4 is 57.6 Å². The number of benzene rings is 1. The van der Waals surface area contributed by atoms with E-state index in [1.165, 1.54) is 17.5 Å². The van der Waals surface area contributed by atoms with Crippen LogP contribution < -0.4 is 16.0 Å². The van der Waals surface area contributed by atoms with Crippen LogP contribution in [0.15, 0.2) is 30.5 Å². The number of amides is 1. The first kappa shape index (κ1) is 24.6. The number of aldehydes is 1. The van der Waals surface area contributed by atoms with Crippen molar-refractivity contribution in [3.05, 3.63) is 51.7 Å². The molecule has 0 aliphatic heterocycles. The molecule has 1 aromatic carbocycles. The van der Waals surface area contributed by atoms with Crippen molar-refractivity contribution in [2.75, 3.05) is 42.6 Å². The molecule has 0 spiro atoms. The molecule has 174 valence electrons. The summed E-state index contributed by atoms with van der Waals surface area (Å²) in [7, 11) is 1.96. The summed E-state index contributed by atoms with van der Waals surface area (Å²) in [5.74, 6) is 1.57. The molecule has 9 nitrogen and oxygen atoms in total. The number of halogens is 1. The standard InChI is InChI=1S/C22H26ClN7O2S/c1-14-6-4-7-16(23)20(14)29-21(32)17-13-25-22(33-17)28-19-12-18(26-15(2)27-19)24-8-10-30(3)9-5-11-31/h4,6-7,11-13H,5,8-10H2,1-3H3,(H,29,32)(H2,24,25,26,27,28). The summed E-state index contributed by atoms with van der Waals surface area (Å²) in [6.07, 6.45) is 2.95. The minimum absolute atomic E-state index is 0.281. The van der Waals surface area contributed by atoms with Gasteiger partial charge in [0.05, 0.1) is 16.9 Å². The zero-order valence-electron chi connectivity index (χ0n) is 18.7. The molecule has 0 saturated carbocycles. The van der Waals surface area contributed by atoms with Gasteiger partial charge in [-0.15, -0.1) is 0 Å². The fraction of sp³-hybridized carbons (Fsp3) is 0.318. The SMILES string of the molecule is Cc1nc(NCCN(C)CCC=O)cc(Nc2ncc(C(=O)Nc3c(C)cccc3Cl)s2)n1. The van der Waals surface area contributed by atoms with E-state index in [4.69, 9.17) is 11.6 Å². The highest BCUT2D eigenvalue weighted by Gasteiger charge is 2.14. The molecule has 2 aromatic heterocycles. The molecule has 3 rings (SSSR count). The highest BCUT2D eigenvalue weighted by Crippen LogP contribution is 2.28. The Hall–Kier alpha value is -3.08. The van der Waals surface area contributed by atoms with Crippen LogP contribution in [0.5, 0.6) is 0 Å². The zero-order chi connectivity index (χ0) is 23.8. The minimum Gasteiger partial charge on any atom is -0.369 e. The maximum absolute atomic E-state index is 12.6. The molecular weight excluding hydrogens is 462 g/mol. The van der Waals surface area contributed by atoms with Gasteiger partial charge in [-0.25, -0.2) is 15.0 Å². The van der Waals surface area contributed by atoms with Crippen molar-refractivity contribution in [1.29, 1.82) is 0 Å². The van der Waals surface area contributed by atoms with E-state index in [1.54, 1.807) is 19.1 Å². The van der Waals surface area contributed by atoms with Crippen LogP contribution in [0, 0.1) is 13.8 Å². The Balaban J connectivity index is 1.61. The predicted octanol–water partition coefficient (Wildman–Crippen LogP) is 4.13. The number of anilines is 4. The van der Waals surface area contributed by atoms with Crippen LogP contribution in [-0.4, -0.2) is 58.7 Å². The van der Waals surface area contributed by atoms with Gasteiger partial charge in [-0.1, -0.05) is 35.1 Å². The van der Waals surface area contributed by atoms with Crippen LogP contribution in [0.3, 0.4) is 0 Å². The molecule has 0 aliphatic rings. The Bertz CT molecular complexity index is 1100. The van der Waals surface area contributed by atoms with Crippen LogP contribution >= 0.6 is 22.9 Å². The number of hydrogen-bond donors (Lipinski definition) is 3. The first-order valence-electron chi connectivity index (χ1n) is 10.4. The van der Waals surface area contributed by atoms with Gasteiger partial charge in [0.15, 0.2) is 5.13 Å². The Kier molecular flexibility index (Phi) is 8.70. The van der Waals surface area contributed by atoms with E-state index in [1.807, 2.05) is 26.1 Å². The van der Waals surface area contributed by atoms with Gasteiger partial charge in [-0.05, 0) is 32.5 Å². The van der Waals surface area contributed by atoms with Crippen LogP contribution in [0.1, 0.15) is 27.5 Å². The molecule has 0 aliphatic carbocycles. The number of carbonyl (C=O) groups excluding carboxylic acids is 2. The van der Waals surface area contributed by atoms with Crippen LogP contribution in [0.2, 0.25) is 5.02 Å². The van der Waals surface area contributed by atoms with Crippen LogP contribution in [0.4, 0.5) is 22.5 Å². The number of nitrogens with one attached hydrogen (secondary N) is 3. The van der Waals surface area contributed by atoms with Gasteiger partial charge in [0.2, 0.25) is 0 Å². The summed E-state index contributed by atoms with van der Waals surface area (Å²) in [4.78, 5) is 38.7. The summed E-state index contributed by atoms with van der Waals surface area (Å²) in [5.41, 5.74) is 1.47. The van der Waals surface area contributed by atoms with Crippen molar-refractivity contribution < 1.29 is 9.59 Å². The van der Waals surface area contributed by atoms with E-state index in [0.29, 0.717) is 51.1 Å². The average molecular weight is 488 g/mol. The molecule has 0 bridgehead atoms. The highest BCUT2D eigenvalue weighted by molar-refractivity contribution is 7.17. The number of aromatic nitrogens is 3. The van der Waals surface area contributed by atoms with E-state index in [-0.39, 0.29) is 5.91 Å². The van der Waals surface area contributed by atoms with E-state index >= 15 is 0 Å². The van der Waals surface area contributed by atoms with Gasteiger partial charge in [0, 0.05) is 32.1 Å². The largest absolute Gasteiger partial charge is 0.369 e. The number of nitrogens with zero attached hydrogens (tertiary/aromatic N) is 4. The summed E-state index contributed by atoms with van der Waals surface area (Å²) < 4.78 is 0. The van der Waals surface area contributed by atoms with Crippen molar-refractivity contribution in [3.8, 4) is 0 Å². The number of para-hydroxylation sites is 1. The van der Waals surface area contributed by atoms with Crippen LogP contribution in [-0.2, 0) is 4.79 Å². The second kappa shape index (κ2) is 11.7. The molecule has 0 saturated heterocycles. The third kappa shape index (κ3) is 7.21. The number of rotatable bonds is 11. The van der Waals surface area contributed by atoms with Gasteiger partial charge in [0.25, 0.3) is 5.91 Å². The fourth-order valence-electron chi connectivity index (χ4n) is 2.99. The first-order chi connectivity index (χ1) is 15.9. The molecule has 3 aromatic rings. The van der Waals surface area contributed by atoms with E-state index in [2.05, 4.69) is 35.8 Å². The Morgan fingerprint density at radius 3 is 2.76 bits per heavy atom. The van der Waals surface area contributed by atoms with Crippen molar-refractivity contribution in [2.45, 2.75) is 20.3 Å². The molecule has 2 heterocycles. The monoisotopic (exact) mass is 487 g/mol. The topological polar surface area (TPSA) is 112 Å². The average Bonchev–Trinajstić information content (AvgIpc) is 3.23. The first-order valence-corrected chi connectivity index (χ1v) is 11.6. The number of thiazole rings is 1. The minimum atomic E-state index is -0.281. The number of likely N-dealkylation sites (N-methyl/N-ethyl adjacent to an activating group) is 1. The molecule has 11 heteroatoms. The zero-order valence-corrected chi connectivity index (χ0v) is 20.3. The second-order valence-corrected chi connectivity index (χ2v) is 8.85. The Morgan fingerprint density at radius 1 is 1.21 bits per heavy atom. The lowest BCUT2D eigenvalue weighted by molar-refractivity contribution is -0.108. The summed E-state index contributed by atoms with van der Waals surface area (Å²) in [5, 5.41) is 10.3. The molecule has 0 fully saturated rings. The quantitative estimate of drug-likeness (QED) is 0.346. The van der Waals surface area contributed by atoms with Crippen molar-refractivity contribution in [1.82, 2.24) is 19.9 Å². The third-order valence-electron chi connectivity index (χ3n) is 4.69. The molecule has 0 atom stereocenters. The third-order valence-corrected chi connectivity index (χ3v) is 5.92. The number of hydrogen-bond acceptors (Lipinski definition) is 9. The molecule has 33 heavy (non-hydrogen) atoms. The molecule has 0 unspecified atom stereocenters. The van der Waals surface area contributed by atoms with Gasteiger partial charge in [-0.2, -0.15) is 0 Å². The molecule has 0 radical (unpaired) electrons. The molecular formula is C22H26ClN7O2S. The van der Waals surface area contributed by atoms with E-state index in [9.17, 15) is 9.59 Å². The Labute approximate surface area is 201 Å². The van der Waals surface area contributed by atoms with E-state index < -0.39 is 0 Å². The Morgan fingerprint density at radius 2 is 2.00 bits per heavy atom. The second-order valence-electron chi connectivity index (χ2n) is 7.41. The maximum atomic E-state index is 12.6. The fourth-order valence-corrected chi connectivity index (χ4v) is 3.98. The predicted molar refractivity (Wildman–Crippen MR) is 133 cm³/mol. The molecule has 1 amide bonds. The normalized spacial score (nSPS) is 10.8. The number of aryl methyl sites for hydroxylation is 2. The van der Waals surface area contributed by atoms with Gasteiger partial charge in [0.1, 0.15) is 28.6 Å². The van der Waals surface area contributed by atoms with Gasteiger partial charge < -0.3 is 25.6 Å². The maximum Gasteiger partial charge on any atom is 0.267 e.